The van der Waals surface area contributed by atoms with Crippen molar-refractivity contribution in [2.75, 3.05) is 0 Å². The summed E-state index contributed by atoms with van der Waals surface area (Å²) in [5.74, 6) is 0.628. The van der Waals surface area contributed by atoms with Crippen LogP contribution >= 0.6 is 0 Å². The Labute approximate surface area is 127 Å². The first-order chi connectivity index (χ1) is 9.88. The van der Waals surface area contributed by atoms with Crippen molar-refractivity contribution in [3.63, 3.8) is 0 Å². The largest absolute Gasteiger partial charge is 0.489 e. The summed E-state index contributed by atoms with van der Waals surface area (Å²) < 4.78 is 28.2. The predicted octanol–water partition coefficient (Wildman–Crippen LogP) is 3.53. The van der Waals surface area contributed by atoms with Gasteiger partial charge in [0.25, 0.3) is 0 Å². The fourth-order valence-corrected chi connectivity index (χ4v) is 2.52. The van der Waals surface area contributed by atoms with E-state index in [2.05, 4.69) is 20.8 Å². The molecule has 0 aliphatic rings. The molecule has 4 heteroatoms. The highest BCUT2D eigenvalue weighted by atomic mass is 32.2. The highest BCUT2D eigenvalue weighted by Crippen LogP contribution is 2.33. The van der Waals surface area contributed by atoms with Crippen LogP contribution in [0.5, 0.6) is 5.75 Å². The van der Waals surface area contributed by atoms with E-state index in [4.69, 9.17) is 4.74 Å². The normalized spacial score (nSPS) is 11.6. The summed E-state index contributed by atoms with van der Waals surface area (Å²) in [6.07, 6.45) is 0. The molecule has 0 spiro atoms. The Morgan fingerprint density at radius 3 is 2.24 bits per heavy atom. The molecule has 2 aromatic rings. The van der Waals surface area contributed by atoms with Gasteiger partial charge in [-0.1, -0.05) is 57.2 Å². The molecular weight excluding hydrogens is 284 g/mol. The lowest BCUT2D eigenvalue weighted by atomic mass is 9.86. The third kappa shape index (κ3) is 4.08. The Kier molecular flexibility index (Phi) is 4.68. The SMILES string of the molecule is CC(C)(C)c1ccc([SH](=O)=O)cc1OCc1ccccc1. The lowest BCUT2D eigenvalue weighted by Crippen LogP contribution is -2.13. The quantitative estimate of drug-likeness (QED) is 0.879. The van der Waals surface area contributed by atoms with Gasteiger partial charge >= 0.3 is 0 Å². The number of hydrogen-bond acceptors (Lipinski definition) is 3. The summed E-state index contributed by atoms with van der Waals surface area (Å²) in [5, 5.41) is 0. The molecule has 0 heterocycles. The highest BCUT2D eigenvalue weighted by Gasteiger charge is 2.19. The Bertz CT molecular complexity index is 675. The number of thiol groups is 1. The van der Waals surface area contributed by atoms with Gasteiger partial charge < -0.3 is 4.74 Å². The van der Waals surface area contributed by atoms with Crippen molar-refractivity contribution in [1.29, 1.82) is 0 Å². The van der Waals surface area contributed by atoms with Crippen molar-refractivity contribution >= 4 is 10.7 Å². The van der Waals surface area contributed by atoms with E-state index in [0.29, 0.717) is 12.4 Å². The molecule has 0 atom stereocenters. The zero-order valence-corrected chi connectivity index (χ0v) is 13.4. The van der Waals surface area contributed by atoms with E-state index < -0.39 is 10.7 Å². The molecule has 2 aromatic carbocycles. The summed E-state index contributed by atoms with van der Waals surface area (Å²) in [6.45, 7) is 6.65. The standard InChI is InChI=1S/C17H20O3S/c1-17(2,3)15-10-9-14(21(18)19)11-16(15)20-12-13-7-5-4-6-8-13/h4-11,21H,12H2,1-3H3. The summed E-state index contributed by atoms with van der Waals surface area (Å²) in [6, 6.07) is 14.9. The number of ether oxygens (including phenoxy) is 1. The van der Waals surface area contributed by atoms with E-state index in [1.165, 1.54) is 0 Å². The molecule has 0 radical (unpaired) electrons. The zero-order valence-electron chi connectivity index (χ0n) is 12.5. The molecule has 0 N–H and O–H groups in total. The Balaban J connectivity index is 2.32. The summed E-state index contributed by atoms with van der Waals surface area (Å²) >= 11 is 0. The molecular formula is C17H20O3S. The maximum Gasteiger partial charge on any atom is 0.168 e. The first-order valence-electron chi connectivity index (χ1n) is 6.83. The Morgan fingerprint density at radius 2 is 1.67 bits per heavy atom. The second-order valence-corrected chi connectivity index (χ2v) is 6.99. The molecule has 2 rings (SSSR count). The molecule has 0 aliphatic heterocycles. The van der Waals surface area contributed by atoms with Crippen molar-refractivity contribution in [2.24, 2.45) is 0 Å². The second-order valence-electron chi connectivity index (χ2n) is 5.96. The number of hydrogen-bond donors (Lipinski definition) is 1. The molecule has 0 aliphatic carbocycles. The summed E-state index contributed by atoms with van der Waals surface area (Å²) in [7, 11) is -2.61. The van der Waals surface area contributed by atoms with Gasteiger partial charge in [-0.25, -0.2) is 8.42 Å². The first kappa shape index (κ1) is 15.6. The molecule has 0 amide bonds. The third-order valence-electron chi connectivity index (χ3n) is 3.22. The van der Waals surface area contributed by atoms with Crippen molar-refractivity contribution in [3.8, 4) is 5.75 Å². The number of rotatable bonds is 4. The van der Waals surface area contributed by atoms with Crippen molar-refractivity contribution in [2.45, 2.75) is 37.7 Å². The fourth-order valence-electron chi connectivity index (χ4n) is 2.10. The van der Waals surface area contributed by atoms with Crippen LogP contribution in [0.2, 0.25) is 0 Å². The molecule has 0 aromatic heterocycles. The summed E-state index contributed by atoms with van der Waals surface area (Å²) in [4.78, 5) is 0.279. The van der Waals surface area contributed by atoms with Crippen molar-refractivity contribution in [3.05, 3.63) is 59.7 Å². The van der Waals surface area contributed by atoms with Crippen LogP contribution in [0.3, 0.4) is 0 Å². The molecule has 21 heavy (non-hydrogen) atoms. The van der Waals surface area contributed by atoms with E-state index in [0.717, 1.165) is 11.1 Å². The average molecular weight is 304 g/mol. The zero-order chi connectivity index (χ0) is 15.5. The Morgan fingerprint density at radius 1 is 1.00 bits per heavy atom. The van der Waals surface area contributed by atoms with Gasteiger partial charge in [-0.3, -0.25) is 0 Å². The van der Waals surface area contributed by atoms with Gasteiger partial charge in [0.1, 0.15) is 12.4 Å². The van der Waals surface area contributed by atoms with E-state index in [9.17, 15) is 8.42 Å². The van der Waals surface area contributed by atoms with Crippen LogP contribution in [-0.4, -0.2) is 8.42 Å². The van der Waals surface area contributed by atoms with Gasteiger partial charge in [0.05, 0.1) is 4.90 Å². The van der Waals surface area contributed by atoms with E-state index in [-0.39, 0.29) is 10.3 Å². The van der Waals surface area contributed by atoms with Crippen LogP contribution in [0.4, 0.5) is 0 Å². The lowest BCUT2D eigenvalue weighted by molar-refractivity contribution is 0.296. The van der Waals surface area contributed by atoms with Crippen LogP contribution in [0, 0.1) is 0 Å². The van der Waals surface area contributed by atoms with Gasteiger partial charge in [-0.2, -0.15) is 0 Å². The number of benzene rings is 2. The average Bonchev–Trinajstić information content (AvgIpc) is 2.45. The summed E-state index contributed by atoms with van der Waals surface area (Å²) in [5.41, 5.74) is 1.94. The van der Waals surface area contributed by atoms with Crippen molar-refractivity contribution < 1.29 is 13.2 Å². The van der Waals surface area contributed by atoms with E-state index in [1.807, 2.05) is 36.4 Å². The monoisotopic (exact) mass is 304 g/mol. The van der Waals surface area contributed by atoms with E-state index >= 15 is 0 Å². The van der Waals surface area contributed by atoms with Crippen LogP contribution in [0.25, 0.3) is 0 Å². The molecule has 112 valence electrons. The molecule has 0 fully saturated rings. The molecule has 0 unspecified atom stereocenters. The Hall–Kier alpha value is -1.81. The van der Waals surface area contributed by atoms with Crippen LogP contribution < -0.4 is 4.74 Å². The van der Waals surface area contributed by atoms with Gasteiger partial charge in [-0.15, -0.1) is 0 Å². The molecule has 0 saturated heterocycles. The molecule has 3 nitrogen and oxygen atoms in total. The van der Waals surface area contributed by atoms with Crippen LogP contribution in [0.1, 0.15) is 31.9 Å². The maximum absolute atomic E-state index is 11.2. The van der Waals surface area contributed by atoms with Crippen molar-refractivity contribution in [1.82, 2.24) is 0 Å². The smallest absolute Gasteiger partial charge is 0.168 e. The predicted molar refractivity (Wildman–Crippen MR) is 84.5 cm³/mol. The van der Waals surface area contributed by atoms with Gasteiger partial charge in [-0.05, 0) is 28.7 Å². The third-order valence-corrected chi connectivity index (χ3v) is 3.92. The lowest BCUT2D eigenvalue weighted by Gasteiger charge is -2.23. The minimum absolute atomic E-state index is 0.112. The minimum atomic E-state index is -2.61. The van der Waals surface area contributed by atoms with Crippen LogP contribution in [0.15, 0.2) is 53.4 Å². The fraction of sp³-hybridized carbons (Fsp3) is 0.294. The van der Waals surface area contributed by atoms with Crippen LogP contribution in [-0.2, 0) is 22.7 Å². The highest BCUT2D eigenvalue weighted by molar-refractivity contribution is 7.72. The maximum atomic E-state index is 11.2. The first-order valence-corrected chi connectivity index (χ1v) is 8.01. The van der Waals surface area contributed by atoms with Gasteiger partial charge in [0.15, 0.2) is 10.7 Å². The molecule has 0 bridgehead atoms. The molecule has 0 saturated carbocycles. The topological polar surface area (TPSA) is 43.4 Å². The minimum Gasteiger partial charge on any atom is -0.489 e. The second kappa shape index (κ2) is 6.31. The van der Waals surface area contributed by atoms with E-state index in [1.54, 1.807) is 12.1 Å². The van der Waals surface area contributed by atoms with Gasteiger partial charge in [0, 0.05) is 0 Å². The van der Waals surface area contributed by atoms with Gasteiger partial charge in [0.2, 0.25) is 0 Å².